The van der Waals surface area contributed by atoms with E-state index in [-0.39, 0.29) is 17.7 Å². The van der Waals surface area contributed by atoms with Crippen molar-refractivity contribution in [3.63, 3.8) is 0 Å². The van der Waals surface area contributed by atoms with Crippen LogP contribution in [-0.4, -0.2) is 11.9 Å². The number of carbonyl (C=O) groups is 2. The van der Waals surface area contributed by atoms with Crippen LogP contribution in [-0.2, 0) is 16.5 Å². The smallest absolute Gasteiger partial charge is 0.387 e. The molecule has 4 nitrogen and oxygen atoms in total. The van der Waals surface area contributed by atoms with Gasteiger partial charge in [0.1, 0.15) is 6.61 Å². The van der Waals surface area contributed by atoms with Crippen molar-refractivity contribution < 1.29 is 19.4 Å². The molecule has 0 aliphatic carbocycles. The topological polar surface area (TPSA) is 63.3 Å². The molecule has 111 valence electrons. The van der Waals surface area contributed by atoms with Crippen LogP contribution >= 0.6 is 0 Å². The number of benzene rings is 2. The van der Waals surface area contributed by atoms with E-state index >= 15 is 0 Å². The third-order valence-electron chi connectivity index (χ3n) is 3.08. The van der Waals surface area contributed by atoms with Crippen LogP contribution in [0.1, 0.15) is 38.8 Å². The molecule has 0 aromatic heterocycles. The zero-order chi connectivity index (χ0) is 15.9. The molecule has 0 saturated carbocycles. The summed E-state index contributed by atoms with van der Waals surface area (Å²) in [6, 6.07) is 13.8. The maximum atomic E-state index is 12.2. The minimum atomic E-state index is -1.40. The Morgan fingerprint density at radius 2 is 1.77 bits per heavy atom. The van der Waals surface area contributed by atoms with Crippen molar-refractivity contribution >= 4 is 18.0 Å². The Balaban J connectivity index is 2.25. The van der Waals surface area contributed by atoms with E-state index in [4.69, 9.17) is 4.74 Å². The zero-order valence-electron chi connectivity index (χ0n) is 12.1. The molecule has 0 fully saturated rings. The van der Waals surface area contributed by atoms with Gasteiger partial charge in [0.05, 0.1) is 11.1 Å². The summed E-state index contributed by atoms with van der Waals surface area (Å²) in [7, 11) is 0. The van der Waals surface area contributed by atoms with Crippen molar-refractivity contribution in [2.75, 3.05) is 0 Å². The molecule has 0 heterocycles. The second-order valence-corrected chi connectivity index (χ2v) is 4.62. The van der Waals surface area contributed by atoms with Gasteiger partial charge in [0.15, 0.2) is 0 Å². The zero-order valence-corrected chi connectivity index (χ0v) is 12.1. The first kappa shape index (κ1) is 15.5. The lowest BCUT2D eigenvalue weighted by atomic mass is 10.0. The Morgan fingerprint density at radius 1 is 1.05 bits per heavy atom. The third kappa shape index (κ3) is 3.61. The number of hydrogen-bond donors (Lipinski definition) is 0. The summed E-state index contributed by atoms with van der Waals surface area (Å²) in [6.45, 7) is 1.85. The summed E-state index contributed by atoms with van der Waals surface area (Å²) < 4.78 is 5.18. The average molecular weight is 295 g/mol. The van der Waals surface area contributed by atoms with Crippen molar-refractivity contribution in [1.29, 1.82) is 0 Å². The minimum absolute atomic E-state index is 0.00784. The van der Waals surface area contributed by atoms with E-state index in [0.29, 0.717) is 5.56 Å². The third-order valence-corrected chi connectivity index (χ3v) is 3.08. The maximum Gasteiger partial charge on any atom is 0.387 e. The van der Waals surface area contributed by atoms with Crippen LogP contribution in [0, 0.1) is 0 Å². The van der Waals surface area contributed by atoms with Gasteiger partial charge in [0, 0.05) is 0 Å². The molecule has 22 heavy (non-hydrogen) atoms. The molecule has 0 N–H and O–H groups in total. The highest BCUT2D eigenvalue weighted by Gasteiger charge is 2.21. The van der Waals surface area contributed by atoms with Crippen LogP contribution in [0.2, 0.25) is 0 Å². The van der Waals surface area contributed by atoms with Gasteiger partial charge in [-0.2, -0.15) is 0 Å². The quantitative estimate of drug-likeness (QED) is 0.791. The highest BCUT2D eigenvalue weighted by Crippen LogP contribution is 2.18. The molecule has 0 unspecified atom stereocenters. The molecule has 0 aliphatic rings. The van der Waals surface area contributed by atoms with Gasteiger partial charge in [-0.3, -0.25) is 0 Å². The van der Waals surface area contributed by atoms with E-state index in [2.05, 4.69) is 0 Å². The van der Waals surface area contributed by atoms with E-state index in [1.165, 1.54) is 6.07 Å². The fourth-order valence-corrected chi connectivity index (χ4v) is 2.09. The average Bonchev–Trinajstić information content (AvgIpc) is 2.53. The summed E-state index contributed by atoms with van der Waals surface area (Å²) in [6.07, 6.45) is 3.31. The molecule has 0 bridgehead atoms. The second kappa shape index (κ2) is 7.22. The fraction of sp³-hybridized carbons (Fsp3) is 0.111. The molecule has 0 aliphatic heterocycles. The van der Waals surface area contributed by atoms with E-state index in [0.717, 1.165) is 5.56 Å². The van der Waals surface area contributed by atoms with Gasteiger partial charge >= 0.3 is 11.9 Å². The predicted octanol–water partition coefficient (Wildman–Crippen LogP) is 3.65. The molecule has 4 heteroatoms. The van der Waals surface area contributed by atoms with Gasteiger partial charge in [-0.25, -0.2) is 14.7 Å². The highest BCUT2D eigenvalue weighted by molar-refractivity contribution is 6.04. The van der Waals surface area contributed by atoms with E-state index < -0.39 is 11.9 Å². The van der Waals surface area contributed by atoms with Crippen LogP contribution in [0.15, 0.2) is 54.6 Å². The molecule has 2 rings (SSSR count). The van der Waals surface area contributed by atoms with Crippen molar-refractivity contribution in [2.45, 2.75) is 13.5 Å². The van der Waals surface area contributed by atoms with Crippen molar-refractivity contribution in [2.24, 2.45) is 0 Å². The number of hydrogen-bond acceptors (Lipinski definition) is 3. The molecule has 0 spiro atoms. The van der Waals surface area contributed by atoms with Gasteiger partial charge in [-0.05, 0) is 24.1 Å². The SMILES string of the molecule is C/C=C/c1cccc(C(=O)OCc2ccccc2)c1C([O])=O. The molecule has 1 radical (unpaired) electrons. The first-order valence-electron chi connectivity index (χ1n) is 6.81. The standard InChI is InChI=1S/C18H15O4/c1-2-7-14-10-6-11-15(16(14)17(19)20)18(21)22-12-13-8-4-3-5-9-13/h2-11H,12H2,1H3/b7-2+. The molecular weight excluding hydrogens is 280 g/mol. The summed E-state index contributed by atoms with van der Waals surface area (Å²) in [5.41, 5.74) is 1.08. The lowest BCUT2D eigenvalue weighted by molar-refractivity contribution is 0.0453. The maximum absolute atomic E-state index is 12.2. The number of rotatable bonds is 5. The largest absolute Gasteiger partial charge is 0.457 e. The van der Waals surface area contributed by atoms with Crippen LogP contribution < -0.4 is 0 Å². The molecular formula is C18H15O4. The number of carbonyl (C=O) groups excluding carboxylic acids is 2. The normalized spacial score (nSPS) is 10.6. The van der Waals surface area contributed by atoms with Crippen molar-refractivity contribution in [1.82, 2.24) is 0 Å². The Hall–Kier alpha value is -2.88. The molecule has 0 saturated heterocycles. The number of esters is 1. The number of ether oxygens (including phenoxy) is 1. The monoisotopic (exact) mass is 295 g/mol. The van der Waals surface area contributed by atoms with Gasteiger partial charge in [0.25, 0.3) is 0 Å². The molecule has 0 atom stereocenters. The summed E-state index contributed by atoms with van der Waals surface area (Å²) >= 11 is 0. The Morgan fingerprint density at radius 3 is 2.41 bits per heavy atom. The van der Waals surface area contributed by atoms with Gasteiger partial charge in [-0.1, -0.05) is 54.6 Å². The van der Waals surface area contributed by atoms with Crippen LogP contribution in [0.4, 0.5) is 0 Å². The summed E-state index contributed by atoms with van der Waals surface area (Å²) in [5, 5.41) is 11.3. The Bertz CT molecular complexity index is 702. The number of allylic oxidation sites excluding steroid dienone is 1. The van der Waals surface area contributed by atoms with E-state index in [9.17, 15) is 14.7 Å². The minimum Gasteiger partial charge on any atom is -0.457 e. The second-order valence-electron chi connectivity index (χ2n) is 4.62. The van der Waals surface area contributed by atoms with Crippen molar-refractivity contribution in [3.8, 4) is 0 Å². The molecule has 2 aromatic rings. The Labute approximate surface area is 128 Å². The van der Waals surface area contributed by atoms with E-state index in [1.54, 1.807) is 31.2 Å². The van der Waals surface area contributed by atoms with Crippen molar-refractivity contribution in [3.05, 3.63) is 76.9 Å². The molecule has 2 aromatic carbocycles. The first-order valence-corrected chi connectivity index (χ1v) is 6.81. The summed E-state index contributed by atoms with van der Waals surface area (Å²) in [4.78, 5) is 23.5. The first-order chi connectivity index (χ1) is 10.6. The van der Waals surface area contributed by atoms with Gasteiger partial charge < -0.3 is 4.74 Å². The molecule has 0 amide bonds. The van der Waals surface area contributed by atoms with E-state index in [1.807, 2.05) is 30.3 Å². The fourth-order valence-electron chi connectivity index (χ4n) is 2.09. The predicted molar refractivity (Wildman–Crippen MR) is 81.7 cm³/mol. The van der Waals surface area contributed by atoms with Gasteiger partial charge in [-0.15, -0.1) is 0 Å². The van der Waals surface area contributed by atoms with Crippen LogP contribution in [0.25, 0.3) is 6.08 Å². The van der Waals surface area contributed by atoms with Gasteiger partial charge in [0.2, 0.25) is 0 Å². The lowest BCUT2D eigenvalue weighted by Crippen LogP contribution is -2.12. The van der Waals surface area contributed by atoms with Crippen LogP contribution in [0.5, 0.6) is 0 Å². The highest BCUT2D eigenvalue weighted by atomic mass is 16.5. The van der Waals surface area contributed by atoms with Crippen LogP contribution in [0.3, 0.4) is 0 Å². The Kier molecular flexibility index (Phi) is 5.09. The lowest BCUT2D eigenvalue weighted by Gasteiger charge is -2.09. The summed E-state index contributed by atoms with van der Waals surface area (Å²) in [5.74, 6) is -2.09.